The Morgan fingerprint density at radius 2 is 1.71 bits per heavy atom. The molecule has 0 unspecified atom stereocenters. The maximum absolute atomic E-state index is 12.6. The summed E-state index contributed by atoms with van der Waals surface area (Å²) in [6.45, 7) is 3.10. The van der Waals surface area contributed by atoms with Crippen LogP contribution in [0.15, 0.2) is 54.7 Å². The fraction of sp³-hybridized carbons (Fsp3) is 0.368. The van der Waals surface area contributed by atoms with Crippen molar-refractivity contribution < 1.29 is 8.42 Å². The number of sulfonamides is 1. The number of aromatic nitrogens is 1. The van der Waals surface area contributed by atoms with Crippen LogP contribution in [0.1, 0.15) is 5.56 Å². The Bertz CT molecular complexity index is 854. The minimum atomic E-state index is -3.32. The molecular formula is C19H25N5O2S2. The van der Waals surface area contributed by atoms with Crippen molar-refractivity contribution in [1.29, 1.82) is 0 Å². The predicted octanol–water partition coefficient (Wildman–Crippen LogP) is 1.20. The number of nitrogens with one attached hydrogen (secondary N) is 2. The Morgan fingerprint density at radius 3 is 2.39 bits per heavy atom. The van der Waals surface area contributed by atoms with Crippen LogP contribution in [0.25, 0.3) is 0 Å². The molecule has 1 fully saturated rings. The first kappa shape index (κ1) is 20.5. The van der Waals surface area contributed by atoms with Gasteiger partial charge >= 0.3 is 0 Å². The lowest BCUT2D eigenvalue weighted by molar-refractivity contribution is 0.384. The predicted molar refractivity (Wildman–Crippen MR) is 116 cm³/mol. The summed E-state index contributed by atoms with van der Waals surface area (Å²) in [5, 5.41) is 6.52. The van der Waals surface area contributed by atoms with E-state index in [4.69, 9.17) is 12.2 Å². The summed E-state index contributed by atoms with van der Waals surface area (Å²) in [5.74, 6) is 0.903. The van der Waals surface area contributed by atoms with Crippen LogP contribution in [-0.2, 0) is 16.6 Å². The molecule has 1 aliphatic rings. The van der Waals surface area contributed by atoms with Crippen molar-refractivity contribution in [2.24, 2.45) is 0 Å². The second kappa shape index (κ2) is 9.81. The highest BCUT2D eigenvalue weighted by Gasteiger charge is 2.27. The number of thiocarbonyl (C=S) groups is 1. The Labute approximate surface area is 171 Å². The lowest BCUT2D eigenvalue weighted by atomic mass is 10.2. The van der Waals surface area contributed by atoms with E-state index in [0.29, 0.717) is 37.8 Å². The Kier molecular flexibility index (Phi) is 7.18. The fourth-order valence-corrected chi connectivity index (χ4v) is 4.51. The molecule has 0 atom stereocenters. The van der Waals surface area contributed by atoms with Gasteiger partial charge in [-0.1, -0.05) is 36.4 Å². The van der Waals surface area contributed by atoms with E-state index in [0.717, 1.165) is 11.4 Å². The van der Waals surface area contributed by atoms with E-state index in [2.05, 4.69) is 20.5 Å². The van der Waals surface area contributed by atoms with Gasteiger partial charge in [-0.25, -0.2) is 13.4 Å². The van der Waals surface area contributed by atoms with E-state index in [9.17, 15) is 8.42 Å². The summed E-state index contributed by atoms with van der Waals surface area (Å²) < 4.78 is 26.7. The van der Waals surface area contributed by atoms with Crippen molar-refractivity contribution in [3.05, 3.63) is 60.3 Å². The van der Waals surface area contributed by atoms with E-state index in [-0.39, 0.29) is 12.3 Å². The number of hydrogen-bond donors (Lipinski definition) is 2. The average Bonchev–Trinajstić information content (AvgIpc) is 2.74. The lowest BCUT2D eigenvalue weighted by Gasteiger charge is -2.34. The van der Waals surface area contributed by atoms with Gasteiger partial charge in [0.2, 0.25) is 10.0 Å². The molecule has 150 valence electrons. The molecule has 1 aromatic carbocycles. The van der Waals surface area contributed by atoms with Crippen molar-refractivity contribution in [2.75, 3.05) is 43.4 Å². The highest BCUT2D eigenvalue weighted by atomic mass is 32.2. The van der Waals surface area contributed by atoms with E-state index in [1.807, 2.05) is 48.5 Å². The number of piperazine rings is 1. The highest BCUT2D eigenvalue weighted by molar-refractivity contribution is 7.89. The molecule has 1 saturated heterocycles. The topological polar surface area (TPSA) is 77.6 Å². The summed E-state index contributed by atoms with van der Waals surface area (Å²) in [4.78, 5) is 6.43. The normalized spacial score (nSPS) is 15.2. The van der Waals surface area contributed by atoms with Crippen LogP contribution in [0.4, 0.5) is 5.82 Å². The van der Waals surface area contributed by atoms with E-state index < -0.39 is 10.0 Å². The maximum atomic E-state index is 12.6. The van der Waals surface area contributed by atoms with Gasteiger partial charge in [0.1, 0.15) is 5.82 Å². The number of rotatable bonds is 7. The first-order valence-corrected chi connectivity index (χ1v) is 11.3. The molecule has 1 aromatic heterocycles. The fourth-order valence-electron chi connectivity index (χ4n) is 3.00. The van der Waals surface area contributed by atoms with Gasteiger partial charge in [0.15, 0.2) is 5.11 Å². The molecular weight excluding hydrogens is 394 g/mol. The zero-order chi connectivity index (χ0) is 19.8. The van der Waals surface area contributed by atoms with Gasteiger partial charge in [-0.3, -0.25) is 0 Å². The molecule has 0 radical (unpaired) electrons. The van der Waals surface area contributed by atoms with Gasteiger partial charge in [0.05, 0.1) is 5.75 Å². The van der Waals surface area contributed by atoms with Crippen LogP contribution in [0, 0.1) is 0 Å². The molecule has 3 rings (SSSR count). The Morgan fingerprint density at radius 1 is 1.00 bits per heavy atom. The van der Waals surface area contributed by atoms with Gasteiger partial charge in [-0.2, -0.15) is 4.31 Å². The molecule has 0 saturated carbocycles. The van der Waals surface area contributed by atoms with Gasteiger partial charge < -0.3 is 15.5 Å². The number of hydrogen-bond acceptors (Lipinski definition) is 5. The number of anilines is 1. The molecule has 9 heteroatoms. The van der Waals surface area contributed by atoms with Gasteiger partial charge in [-0.15, -0.1) is 0 Å². The van der Waals surface area contributed by atoms with Crippen molar-refractivity contribution in [2.45, 2.75) is 6.54 Å². The summed E-state index contributed by atoms with van der Waals surface area (Å²) in [7, 11) is -3.32. The second-order valence-corrected chi connectivity index (χ2v) is 8.98. The van der Waals surface area contributed by atoms with Crippen LogP contribution >= 0.6 is 12.2 Å². The molecule has 0 aliphatic carbocycles. The van der Waals surface area contributed by atoms with Gasteiger partial charge in [0, 0.05) is 45.5 Å². The standard InChI is InChI=1S/C19H25N5O2S2/c25-28(26,15-10-21-19(27)22-16-17-6-2-1-3-7-17)24-13-11-23(12-14-24)18-8-4-5-9-20-18/h1-9H,10-16H2,(H2,21,22,27). The van der Waals surface area contributed by atoms with Crippen LogP contribution in [0.5, 0.6) is 0 Å². The third-order valence-corrected chi connectivity index (χ3v) is 6.71. The molecule has 0 amide bonds. The van der Waals surface area contributed by atoms with E-state index in [1.54, 1.807) is 10.5 Å². The highest BCUT2D eigenvalue weighted by Crippen LogP contribution is 2.14. The number of pyridine rings is 1. The zero-order valence-electron chi connectivity index (χ0n) is 15.6. The third kappa shape index (κ3) is 5.88. The summed E-state index contributed by atoms with van der Waals surface area (Å²) >= 11 is 5.22. The largest absolute Gasteiger partial charge is 0.362 e. The van der Waals surface area contributed by atoms with Gasteiger partial charge in [-0.05, 0) is 29.9 Å². The molecule has 7 nitrogen and oxygen atoms in total. The van der Waals surface area contributed by atoms with Crippen molar-refractivity contribution in [1.82, 2.24) is 19.9 Å². The van der Waals surface area contributed by atoms with E-state index >= 15 is 0 Å². The van der Waals surface area contributed by atoms with Crippen LogP contribution in [-0.4, -0.2) is 61.3 Å². The van der Waals surface area contributed by atoms with Crippen LogP contribution < -0.4 is 15.5 Å². The van der Waals surface area contributed by atoms with Crippen molar-refractivity contribution in [3.8, 4) is 0 Å². The van der Waals surface area contributed by atoms with E-state index in [1.165, 1.54) is 0 Å². The van der Waals surface area contributed by atoms with Gasteiger partial charge in [0.25, 0.3) is 0 Å². The summed E-state index contributed by atoms with van der Waals surface area (Å²) in [5.41, 5.74) is 1.12. The maximum Gasteiger partial charge on any atom is 0.215 e. The molecule has 2 N–H and O–H groups in total. The Balaban J connectivity index is 1.39. The lowest BCUT2D eigenvalue weighted by Crippen LogP contribution is -2.50. The molecule has 28 heavy (non-hydrogen) atoms. The smallest absolute Gasteiger partial charge is 0.215 e. The van der Waals surface area contributed by atoms with Crippen LogP contribution in [0.3, 0.4) is 0 Å². The van der Waals surface area contributed by atoms with Crippen molar-refractivity contribution in [3.63, 3.8) is 0 Å². The average molecular weight is 420 g/mol. The quantitative estimate of drug-likeness (QED) is 0.653. The minimum Gasteiger partial charge on any atom is -0.362 e. The minimum absolute atomic E-state index is 0.0176. The van der Waals surface area contributed by atoms with Crippen LogP contribution in [0.2, 0.25) is 0 Å². The molecule has 2 heterocycles. The zero-order valence-corrected chi connectivity index (χ0v) is 17.3. The molecule has 2 aromatic rings. The third-order valence-electron chi connectivity index (χ3n) is 4.55. The molecule has 0 spiro atoms. The monoisotopic (exact) mass is 419 g/mol. The number of nitrogens with zero attached hydrogens (tertiary/aromatic N) is 3. The Hall–Kier alpha value is -2.23. The summed E-state index contributed by atoms with van der Waals surface area (Å²) in [6.07, 6.45) is 1.75. The first-order chi connectivity index (χ1) is 13.5. The summed E-state index contributed by atoms with van der Waals surface area (Å²) in [6, 6.07) is 15.7. The number of benzene rings is 1. The molecule has 1 aliphatic heterocycles. The van der Waals surface area contributed by atoms with Crippen molar-refractivity contribution >= 4 is 33.2 Å². The molecule has 0 bridgehead atoms. The second-order valence-electron chi connectivity index (χ2n) is 6.49. The first-order valence-electron chi connectivity index (χ1n) is 9.24. The SMILES string of the molecule is O=S(=O)(CCNC(=S)NCc1ccccc1)N1CCN(c2ccccn2)CC1.